The number of sulfonamides is 2. The average molecular weight is 582 g/mol. The predicted octanol–water partition coefficient (Wildman–Crippen LogP) is 2.32. The quantitative estimate of drug-likeness (QED) is 0.428. The molecule has 2 heterocycles. The molecule has 2 aliphatic rings. The number of benzene rings is 2. The Bertz CT molecular complexity index is 1710. The molecule has 0 spiro atoms. The summed E-state index contributed by atoms with van der Waals surface area (Å²) in [6.07, 6.45) is 0. The van der Waals surface area contributed by atoms with Crippen molar-refractivity contribution in [2.75, 3.05) is 19.6 Å². The number of para-hydroxylation sites is 1. The van der Waals surface area contributed by atoms with Gasteiger partial charge in [0.1, 0.15) is 10.7 Å². The Morgan fingerprint density at radius 1 is 0.865 bits per heavy atom. The molecular formula is C21H19F4N3O6S3. The topological polar surface area (TPSA) is 123 Å². The molecule has 16 heteroatoms. The van der Waals surface area contributed by atoms with Crippen molar-refractivity contribution in [1.29, 1.82) is 0 Å². The Hall–Kier alpha value is -2.53. The van der Waals surface area contributed by atoms with Crippen LogP contribution >= 0.6 is 0 Å². The number of fused-ring (bicyclic) bond motifs is 2. The molecule has 1 aliphatic heterocycles. The third-order valence-electron chi connectivity index (χ3n) is 6.75. The van der Waals surface area contributed by atoms with E-state index < -0.39 is 75.6 Å². The van der Waals surface area contributed by atoms with Gasteiger partial charge in [0.2, 0.25) is 0 Å². The molecule has 5 rings (SSSR count). The minimum atomic E-state index is -5.52. The maximum atomic E-state index is 14.5. The van der Waals surface area contributed by atoms with Crippen LogP contribution in [0.2, 0.25) is 0 Å². The van der Waals surface area contributed by atoms with Crippen LogP contribution in [0, 0.1) is 23.6 Å². The van der Waals surface area contributed by atoms with Crippen LogP contribution in [0.3, 0.4) is 0 Å². The smallest absolute Gasteiger partial charge is 0.221 e. The van der Waals surface area contributed by atoms with Crippen LogP contribution in [-0.4, -0.2) is 58.7 Å². The number of nitrogens with one attached hydrogen (secondary N) is 1. The normalized spacial score (nSPS) is 22.9. The molecule has 0 radical (unpaired) electrons. The highest BCUT2D eigenvalue weighted by atomic mass is 32.2. The van der Waals surface area contributed by atoms with Crippen molar-refractivity contribution >= 4 is 41.0 Å². The summed E-state index contributed by atoms with van der Waals surface area (Å²) in [4.78, 5) is -0.714. The van der Waals surface area contributed by atoms with E-state index in [1.807, 2.05) is 0 Å². The van der Waals surface area contributed by atoms with E-state index in [9.17, 15) is 42.8 Å². The highest BCUT2D eigenvalue weighted by Crippen LogP contribution is 2.52. The van der Waals surface area contributed by atoms with Gasteiger partial charge in [0, 0.05) is 25.0 Å². The van der Waals surface area contributed by atoms with E-state index in [1.54, 1.807) is 6.07 Å². The first-order chi connectivity index (χ1) is 17.2. The standard InChI is InChI=1S/C21H19F4N3O6S3/c22-17-6-2-4-8-19(17)35(29,30)28-18-7-3-1-5-13(18)9-20(28)36(31,32)27-11-15-14(16(15)12-27)10-26-37(33,34)21(23,24)25/h1-9,14-16,26H,10-12H2/t14?,15-,16+. The summed E-state index contributed by atoms with van der Waals surface area (Å²) >= 11 is 0. The second kappa shape index (κ2) is 8.49. The lowest BCUT2D eigenvalue weighted by molar-refractivity contribution is -0.0448. The fraction of sp³-hybridized carbons (Fsp3) is 0.333. The molecule has 1 N–H and O–H groups in total. The zero-order valence-electron chi connectivity index (χ0n) is 18.6. The zero-order chi connectivity index (χ0) is 27.0. The second-order valence-electron chi connectivity index (χ2n) is 8.85. The van der Waals surface area contributed by atoms with Crippen molar-refractivity contribution in [3.63, 3.8) is 0 Å². The maximum absolute atomic E-state index is 14.5. The van der Waals surface area contributed by atoms with Crippen LogP contribution in [-0.2, 0) is 30.1 Å². The highest BCUT2D eigenvalue weighted by molar-refractivity contribution is 7.92. The van der Waals surface area contributed by atoms with Crippen molar-refractivity contribution in [2.24, 2.45) is 17.8 Å². The molecule has 1 saturated heterocycles. The van der Waals surface area contributed by atoms with E-state index in [1.165, 1.54) is 41.1 Å². The maximum Gasteiger partial charge on any atom is 0.511 e. The Kier molecular flexibility index (Phi) is 5.99. The molecule has 0 bridgehead atoms. The van der Waals surface area contributed by atoms with E-state index in [2.05, 4.69) is 0 Å². The lowest BCUT2D eigenvalue weighted by atomic mass is 10.3. The molecule has 1 aliphatic carbocycles. The zero-order valence-corrected chi connectivity index (χ0v) is 21.1. The van der Waals surface area contributed by atoms with Crippen molar-refractivity contribution in [3.8, 4) is 0 Å². The summed E-state index contributed by atoms with van der Waals surface area (Å²) in [6.45, 7) is -0.758. The molecule has 1 saturated carbocycles. The minimum Gasteiger partial charge on any atom is -0.221 e. The number of hydrogen-bond acceptors (Lipinski definition) is 6. The van der Waals surface area contributed by atoms with Gasteiger partial charge in [0.15, 0.2) is 5.03 Å². The minimum absolute atomic E-state index is 0.0214. The number of rotatable bonds is 7. The SMILES string of the molecule is O=S(=O)(c1cc2ccccc2n1S(=O)(=O)c1ccccc1F)N1C[C@@H]2C(CNS(=O)(=O)C(F)(F)F)[C@@H]2C1. The van der Waals surface area contributed by atoms with E-state index in [-0.39, 0.29) is 24.0 Å². The van der Waals surface area contributed by atoms with Gasteiger partial charge < -0.3 is 0 Å². The average Bonchev–Trinajstić information content (AvgIpc) is 3.14. The number of halogens is 4. The molecule has 2 aromatic carbocycles. The van der Waals surface area contributed by atoms with Gasteiger partial charge in [-0.15, -0.1) is 0 Å². The monoisotopic (exact) mass is 581 g/mol. The molecule has 1 aromatic heterocycles. The summed E-state index contributed by atoms with van der Waals surface area (Å²) in [6, 6.07) is 11.7. The van der Waals surface area contributed by atoms with Gasteiger partial charge in [0.05, 0.1) is 5.52 Å². The van der Waals surface area contributed by atoms with Gasteiger partial charge in [-0.3, -0.25) is 0 Å². The highest BCUT2D eigenvalue weighted by Gasteiger charge is 2.59. The number of piperidine rings is 1. The molecule has 3 aromatic rings. The molecule has 200 valence electrons. The number of hydrogen-bond donors (Lipinski definition) is 1. The molecule has 9 nitrogen and oxygen atoms in total. The Morgan fingerprint density at radius 3 is 2.08 bits per heavy atom. The molecule has 1 unspecified atom stereocenters. The van der Waals surface area contributed by atoms with E-state index in [0.29, 0.717) is 3.97 Å². The summed E-state index contributed by atoms with van der Waals surface area (Å²) in [7, 11) is -14.7. The third-order valence-corrected chi connectivity index (χ3v) is 11.6. The summed E-state index contributed by atoms with van der Waals surface area (Å²) in [5.74, 6) is -2.34. The first-order valence-corrected chi connectivity index (χ1v) is 15.2. The van der Waals surface area contributed by atoms with Gasteiger partial charge in [-0.05, 0) is 42.0 Å². The number of aromatic nitrogens is 1. The number of alkyl halides is 3. The molecule has 0 amide bonds. The van der Waals surface area contributed by atoms with Gasteiger partial charge in [-0.1, -0.05) is 30.3 Å². The largest absolute Gasteiger partial charge is 0.511 e. The Morgan fingerprint density at radius 2 is 1.46 bits per heavy atom. The van der Waals surface area contributed by atoms with Gasteiger partial charge in [-0.2, -0.15) is 17.5 Å². The summed E-state index contributed by atoms with van der Waals surface area (Å²) in [5, 5.41) is -0.322. The van der Waals surface area contributed by atoms with E-state index >= 15 is 0 Å². The van der Waals surface area contributed by atoms with Gasteiger partial charge in [-0.25, -0.2) is 38.3 Å². The first kappa shape index (κ1) is 26.1. The van der Waals surface area contributed by atoms with Crippen LogP contribution in [0.5, 0.6) is 0 Å². The number of nitrogens with zero attached hydrogens (tertiary/aromatic N) is 2. The predicted molar refractivity (Wildman–Crippen MR) is 123 cm³/mol. The van der Waals surface area contributed by atoms with E-state index in [4.69, 9.17) is 0 Å². The van der Waals surface area contributed by atoms with Crippen molar-refractivity contribution in [3.05, 3.63) is 60.4 Å². The second-order valence-corrected chi connectivity index (χ2v) is 14.3. The van der Waals surface area contributed by atoms with Gasteiger partial charge in [0.25, 0.3) is 20.0 Å². The lowest BCUT2D eigenvalue weighted by Crippen LogP contribution is -2.39. The van der Waals surface area contributed by atoms with E-state index in [0.717, 1.165) is 16.4 Å². The van der Waals surface area contributed by atoms with Crippen LogP contribution < -0.4 is 4.72 Å². The molecule has 3 atom stereocenters. The fourth-order valence-corrected chi connectivity index (χ4v) is 9.03. The van der Waals surface area contributed by atoms with Crippen molar-refractivity contribution in [2.45, 2.75) is 15.4 Å². The Labute approximate surface area is 209 Å². The van der Waals surface area contributed by atoms with Crippen LogP contribution in [0.25, 0.3) is 10.9 Å². The lowest BCUT2D eigenvalue weighted by Gasteiger charge is -2.21. The summed E-state index contributed by atoms with van der Waals surface area (Å²) in [5.41, 5.74) is -5.43. The third kappa shape index (κ3) is 4.24. The van der Waals surface area contributed by atoms with Crippen LogP contribution in [0.4, 0.5) is 17.6 Å². The fourth-order valence-electron chi connectivity index (χ4n) is 4.81. The Balaban J connectivity index is 1.45. The van der Waals surface area contributed by atoms with Crippen LogP contribution in [0.15, 0.2) is 64.5 Å². The van der Waals surface area contributed by atoms with Crippen LogP contribution in [0.1, 0.15) is 0 Å². The molecule has 2 fully saturated rings. The molecular weight excluding hydrogens is 562 g/mol. The molecule has 37 heavy (non-hydrogen) atoms. The first-order valence-electron chi connectivity index (χ1n) is 10.8. The summed E-state index contributed by atoms with van der Waals surface area (Å²) < 4.78 is 132. The van der Waals surface area contributed by atoms with Crippen molar-refractivity contribution in [1.82, 2.24) is 13.0 Å². The van der Waals surface area contributed by atoms with Gasteiger partial charge >= 0.3 is 15.5 Å². The van der Waals surface area contributed by atoms with Crippen molar-refractivity contribution < 1.29 is 42.8 Å².